The van der Waals surface area contributed by atoms with E-state index in [9.17, 15) is 9.59 Å². The Balaban J connectivity index is 1.38. The van der Waals surface area contributed by atoms with E-state index in [2.05, 4.69) is 53.0 Å². The highest BCUT2D eigenvalue weighted by Crippen LogP contribution is 2.38. The Morgan fingerprint density at radius 1 is 1.23 bits per heavy atom. The molecule has 0 aromatic heterocycles. The number of fused-ring (bicyclic) bond motifs is 1. The molecule has 9 nitrogen and oxygen atoms in total. The molecule has 1 aromatic rings. The van der Waals surface area contributed by atoms with E-state index in [1.807, 2.05) is 49.1 Å². The molecule has 2 saturated heterocycles. The SMILES string of the molecule is CC(=O)N1CC(NC2NC3CN(C(=O)N=NCc4ccccc4)C(C)(C)C3=CN2I)C1. The van der Waals surface area contributed by atoms with Gasteiger partial charge < -0.3 is 9.80 Å². The summed E-state index contributed by atoms with van der Waals surface area (Å²) >= 11 is 2.26. The fourth-order valence-corrected chi connectivity index (χ4v) is 4.89. The van der Waals surface area contributed by atoms with Crippen molar-refractivity contribution in [1.29, 1.82) is 0 Å². The molecule has 3 amide bonds. The number of nitrogens with one attached hydrogen (secondary N) is 2. The summed E-state index contributed by atoms with van der Waals surface area (Å²) in [6.07, 6.45) is 2.04. The number of hydrogen-bond donors (Lipinski definition) is 2. The van der Waals surface area contributed by atoms with Gasteiger partial charge in [0.1, 0.15) is 6.29 Å². The fourth-order valence-electron chi connectivity index (χ4n) is 4.27. The number of hydrogen-bond acceptors (Lipinski definition) is 6. The summed E-state index contributed by atoms with van der Waals surface area (Å²) in [5, 5.41) is 15.2. The van der Waals surface area contributed by atoms with Gasteiger partial charge in [0.2, 0.25) is 5.91 Å². The lowest BCUT2D eigenvalue weighted by molar-refractivity contribution is -0.133. The van der Waals surface area contributed by atoms with E-state index >= 15 is 0 Å². The summed E-state index contributed by atoms with van der Waals surface area (Å²) in [6.45, 7) is 8.04. The number of urea groups is 1. The maximum atomic E-state index is 12.8. The summed E-state index contributed by atoms with van der Waals surface area (Å²) in [5.74, 6) is 0.108. The topological polar surface area (TPSA) is 92.6 Å². The van der Waals surface area contributed by atoms with E-state index < -0.39 is 5.54 Å². The van der Waals surface area contributed by atoms with Crippen LogP contribution in [-0.4, -0.2) is 68.4 Å². The van der Waals surface area contributed by atoms with Gasteiger partial charge in [0.05, 0.1) is 41.0 Å². The molecular weight excluding hydrogens is 509 g/mol. The van der Waals surface area contributed by atoms with Crippen LogP contribution < -0.4 is 10.6 Å². The zero-order chi connectivity index (χ0) is 22.2. The van der Waals surface area contributed by atoms with Crippen LogP contribution in [0.4, 0.5) is 4.79 Å². The van der Waals surface area contributed by atoms with E-state index in [0.29, 0.717) is 13.1 Å². The minimum Gasteiger partial charge on any atom is -0.340 e. The third-order valence-electron chi connectivity index (χ3n) is 6.19. The quantitative estimate of drug-likeness (QED) is 0.350. The largest absolute Gasteiger partial charge is 0.362 e. The molecule has 2 N–H and O–H groups in total. The molecule has 0 aliphatic carbocycles. The zero-order valence-corrected chi connectivity index (χ0v) is 20.1. The molecule has 4 rings (SSSR count). The van der Waals surface area contributed by atoms with Crippen molar-refractivity contribution in [3.63, 3.8) is 0 Å². The highest BCUT2D eigenvalue weighted by atomic mass is 127. The molecule has 3 aliphatic heterocycles. The normalized spacial score (nSPS) is 25.4. The molecule has 31 heavy (non-hydrogen) atoms. The second kappa shape index (κ2) is 8.83. The molecule has 0 radical (unpaired) electrons. The van der Waals surface area contributed by atoms with Crippen LogP contribution in [-0.2, 0) is 11.3 Å². The molecule has 2 atom stereocenters. The third kappa shape index (κ3) is 4.60. The van der Waals surface area contributed by atoms with Crippen LogP contribution in [0.3, 0.4) is 0 Å². The highest BCUT2D eigenvalue weighted by Gasteiger charge is 2.49. The van der Waals surface area contributed by atoms with Crippen LogP contribution in [0.15, 0.2) is 52.3 Å². The Morgan fingerprint density at radius 3 is 2.61 bits per heavy atom. The van der Waals surface area contributed by atoms with Gasteiger partial charge in [-0.1, -0.05) is 35.4 Å². The first kappa shape index (κ1) is 22.2. The fraction of sp³-hybridized carbons (Fsp3) is 0.524. The number of nitrogens with zero attached hydrogens (tertiary/aromatic N) is 5. The average Bonchev–Trinajstić information content (AvgIpc) is 2.95. The summed E-state index contributed by atoms with van der Waals surface area (Å²) in [4.78, 5) is 27.8. The molecule has 2 unspecified atom stereocenters. The second-order valence-electron chi connectivity index (χ2n) is 8.68. The van der Waals surface area contributed by atoms with E-state index in [1.165, 1.54) is 0 Å². The van der Waals surface area contributed by atoms with E-state index in [1.54, 1.807) is 11.8 Å². The van der Waals surface area contributed by atoms with Crippen molar-refractivity contribution < 1.29 is 9.59 Å². The average molecular weight is 537 g/mol. The molecule has 3 aliphatic rings. The van der Waals surface area contributed by atoms with Gasteiger partial charge in [0.15, 0.2) is 0 Å². The molecule has 0 bridgehead atoms. The first-order valence-electron chi connectivity index (χ1n) is 10.4. The Kier molecular flexibility index (Phi) is 6.31. The second-order valence-corrected chi connectivity index (χ2v) is 9.79. The van der Waals surface area contributed by atoms with Crippen molar-refractivity contribution in [2.24, 2.45) is 10.2 Å². The lowest BCUT2D eigenvalue weighted by Crippen LogP contribution is -2.67. The van der Waals surface area contributed by atoms with Crippen molar-refractivity contribution in [2.45, 2.75) is 51.2 Å². The lowest BCUT2D eigenvalue weighted by atomic mass is 9.92. The Morgan fingerprint density at radius 2 is 1.94 bits per heavy atom. The summed E-state index contributed by atoms with van der Waals surface area (Å²) in [6, 6.07) is 9.74. The van der Waals surface area contributed by atoms with Gasteiger partial charge >= 0.3 is 6.03 Å². The van der Waals surface area contributed by atoms with Gasteiger partial charge in [-0.2, -0.15) is 5.11 Å². The van der Waals surface area contributed by atoms with Crippen molar-refractivity contribution in [3.8, 4) is 0 Å². The van der Waals surface area contributed by atoms with Crippen LogP contribution in [0.1, 0.15) is 26.3 Å². The highest BCUT2D eigenvalue weighted by molar-refractivity contribution is 14.1. The number of azo groups is 1. The van der Waals surface area contributed by atoms with Crippen molar-refractivity contribution in [1.82, 2.24) is 23.5 Å². The Labute approximate surface area is 196 Å². The van der Waals surface area contributed by atoms with Gasteiger partial charge in [0.25, 0.3) is 0 Å². The minimum absolute atomic E-state index is 0.0378. The van der Waals surface area contributed by atoms with Crippen LogP contribution in [0.2, 0.25) is 0 Å². The minimum atomic E-state index is -0.462. The van der Waals surface area contributed by atoms with Crippen LogP contribution >= 0.6 is 22.9 Å². The molecule has 2 fully saturated rings. The van der Waals surface area contributed by atoms with Crippen molar-refractivity contribution >= 4 is 34.8 Å². The number of likely N-dealkylation sites (tertiary alicyclic amines) is 2. The summed E-state index contributed by atoms with van der Waals surface area (Å²) in [5.41, 5.74) is 1.70. The van der Waals surface area contributed by atoms with Crippen LogP contribution in [0.25, 0.3) is 0 Å². The van der Waals surface area contributed by atoms with Gasteiger partial charge in [-0.15, -0.1) is 0 Å². The first-order valence-corrected chi connectivity index (χ1v) is 11.4. The number of carbonyl (C=O) groups excluding carboxylic acids is 2. The van der Waals surface area contributed by atoms with E-state index in [-0.39, 0.29) is 30.3 Å². The smallest absolute Gasteiger partial charge is 0.340 e. The van der Waals surface area contributed by atoms with Crippen LogP contribution in [0.5, 0.6) is 0 Å². The van der Waals surface area contributed by atoms with Crippen molar-refractivity contribution in [3.05, 3.63) is 47.7 Å². The zero-order valence-electron chi connectivity index (χ0n) is 18.0. The first-order chi connectivity index (χ1) is 14.8. The number of halogens is 1. The molecule has 0 saturated carbocycles. The lowest BCUT2D eigenvalue weighted by Gasteiger charge is -2.44. The number of carbonyl (C=O) groups is 2. The summed E-state index contributed by atoms with van der Waals surface area (Å²) < 4.78 is 2.06. The maximum absolute atomic E-state index is 12.8. The van der Waals surface area contributed by atoms with Crippen molar-refractivity contribution in [2.75, 3.05) is 19.6 Å². The maximum Gasteiger partial charge on any atom is 0.362 e. The third-order valence-corrected chi connectivity index (χ3v) is 7.03. The Hall–Kier alpha value is -2.05. The van der Waals surface area contributed by atoms with Gasteiger partial charge in [0, 0.05) is 38.8 Å². The number of benzene rings is 1. The van der Waals surface area contributed by atoms with Gasteiger partial charge in [-0.3, -0.25) is 18.5 Å². The monoisotopic (exact) mass is 537 g/mol. The number of amides is 3. The summed E-state index contributed by atoms with van der Waals surface area (Å²) in [7, 11) is 0. The number of rotatable bonds is 4. The predicted molar refractivity (Wildman–Crippen MR) is 125 cm³/mol. The van der Waals surface area contributed by atoms with E-state index in [0.717, 1.165) is 24.2 Å². The van der Waals surface area contributed by atoms with Crippen LogP contribution in [0, 0.1) is 0 Å². The molecule has 3 heterocycles. The van der Waals surface area contributed by atoms with Gasteiger partial charge in [-0.05, 0) is 25.0 Å². The predicted octanol–water partition coefficient (Wildman–Crippen LogP) is 2.46. The molecular formula is C21H28IN7O2. The molecule has 166 valence electrons. The molecule has 10 heteroatoms. The van der Waals surface area contributed by atoms with Gasteiger partial charge in [-0.25, -0.2) is 4.79 Å². The Bertz CT molecular complexity index is 898. The molecule has 1 aromatic carbocycles. The molecule has 0 spiro atoms. The standard InChI is InChI=1S/C21H28IN7O2/c1-14(30)27-10-16(11-27)24-19-25-18-13-28(21(2,3)17(18)12-29(19)22)20(31)26-23-9-15-7-5-4-6-8-15/h4-8,12,16,18-19,24-25H,9-11,13H2,1-3H3. The van der Waals surface area contributed by atoms with E-state index in [4.69, 9.17) is 0 Å².